The van der Waals surface area contributed by atoms with E-state index in [1.54, 1.807) is 30.5 Å². The zero-order chi connectivity index (χ0) is 67.1. The third-order valence-electron chi connectivity index (χ3n) is 13.8. The Morgan fingerprint density at radius 2 is 1.23 bits per heavy atom. The molecule has 28 nitrogen and oxygen atoms in total. The molecule has 490 valence electrons. The predicted molar refractivity (Wildman–Crippen MR) is 326 cm³/mol. The number of amides is 9. The lowest BCUT2D eigenvalue weighted by Crippen LogP contribution is -2.62. The summed E-state index contributed by atoms with van der Waals surface area (Å²) in [6.45, 7) is 2.56. The molecule has 17 N–H and O–H groups in total. The van der Waals surface area contributed by atoms with Crippen molar-refractivity contribution in [2.45, 2.75) is 119 Å². The molecule has 6 rings (SSSR count). The number of H-pyrrole nitrogens is 1. The van der Waals surface area contributed by atoms with Crippen molar-refractivity contribution in [3.8, 4) is 11.5 Å². The van der Waals surface area contributed by atoms with Gasteiger partial charge in [-0.25, -0.2) is 4.79 Å². The molecule has 0 aliphatic carbocycles. The van der Waals surface area contributed by atoms with Gasteiger partial charge in [0.25, 0.3) is 5.69 Å². The van der Waals surface area contributed by atoms with Crippen LogP contribution in [0.4, 0.5) is 18.9 Å². The zero-order valence-electron chi connectivity index (χ0n) is 48.8. The average Bonchev–Trinajstić information content (AvgIpc) is 1.82. The van der Waals surface area contributed by atoms with E-state index in [1.807, 2.05) is 0 Å². The van der Waals surface area contributed by atoms with E-state index in [9.17, 15) is 81.8 Å². The van der Waals surface area contributed by atoms with Crippen LogP contribution in [0.3, 0.4) is 0 Å². The van der Waals surface area contributed by atoms with E-state index in [0.29, 0.717) is 39.6 Å². The molecule has 2 heterocycles. The van der Waals surface area contributed by atoms with Gasteiger partial charge in [0.1, 0.15) is 59.8 Å². The maximum absolute atomic E-state index is 14.9. The van der Waals surface area contributed by atoms with Crippen LogP contribution < -0.4 is 54.0 Å². The number of unbranched alkanes of at least 4 members (excludes halogenated alkanes) is 1. The molecule has 1 aromatic heterocycles. The molecule has 1 fully saturated rings. The van der Waals surface area contributed by atoms with Crippen molar-refractivity contribution >= 4 is 97.3 Å². The number of hydrogen-bond acceptors (Lipinski definition) is 18. The number of aliphatic hydroxyl groups excluding tert-OH is 1. The fraction of sp³-hybridized carbons (Fsp3) is 0.379. The Bertz CT molecular complexity index is 3380. The number of aromatic amines is 1. The summed E-state index contributed by atoms with van der Waals surface area (Å²) in [4.78, 5) is 150. The van der Waals surface area contributed by atoms with Gasteiger partial charge in [-0.2, -0.15) is 13.2 Å². The third-order valence-corrected chi connectivity index (χ3v) is 16.2. The summed E-state index contributed by atoms with van der Waals surface area (Å²) in [5, 5.41) is 71.3. The quantitative estimate of drug-likeness (QED) is 0.0220. The Morgan fingerprint density at radius 3 is 1.79 bits per heavy atom. The van der Waals surface area contributed by atoms with Gasteiger partial charge in [-0.1, -0.05) is 76.2 Å². The van der Waals surface area contributed by atoms with Crippen LogP contribution in [0.15, 0.2) is 103 Å². The second-order valence-corrected chi connectivity index (χ2v) is 23.4. The van der Waals surface area contributed by atoms with Crippen molar-refractivity contribution in [2.75, 3.05) is 18.1 Å². The number of aromatic hydroxyl groups is 2. The SMILES string of the molecule is CC(=O)N[C@@H](Cc1ccc([N+](=O)[O-])cc1)C(=O)N[C@@H]1CSSC[C@@H](C(=O)N[C@H](Cc2ccc(O)cc2)C(N)=O)NC(=O)[C@H]([C@@H](C)O)NC(=O)[C@H](CCCCN)NC(=O)[C@@H](Cc2c[nH]c3ccccc23)NC(=O)[C@H](Cc2ccc(O)cc2)NC1=O.O=C(O)C(F)(F)F. The molecule has 0 saturated carbocycles. The molecule has 91 heavy (non-hydrogen) atoms. The number of phenolic OH excluding ortho intramolecular Hbond substituents is 2. The number of nitro benzene ring substituents is 1. The highest BCUT2D eigenvalue weighted by Gasteiger charge is 2.39. The number of alkyl halides is 3. The average molecular weight is 1310 g/mol. The summed E-state index contributed by atoms with van der Waals surface area (Å²) >= 11 is 0. The maximum atomic E-state index is 14.9. The Balaban J connectivity index is 0.00000202. The Morgan fingerprint density at radius 1 is 0.703 bits per heavy atom. The van der Waals surface area contributed by atoms with Crippen molar-refractivity contribution < 1.29 is 86.5 Å². The number of phenols is 2. The number of carbonyl (C=O) groups excluding carboxylic acids is 9. The van der Waals surface area contributed by atoms with E-state index >= 15 is 0 Å². The predicted octanol–water partition coefficient (Wildman–Crippen LogP) is 0.680. The van der Waals surface area contributed by atoms with Gasteiger partial charge in [0, 0.05) is 73.3 Å². The van der Waals surface area contributed by atoms with Crippen molar-refractivity contribution in [3.63, 3.8) is 0 Å². The lowest BCUT2D eigenvalue weighted by molar-refractivity contribution is -0.384. The van der Waals surface area contributed by atoms with E-state index in [-0.39, 0.29) is 73.8 Å². The Labute approximate surface area is 525 Å². The number of nitrogens with two attached hydrogens (primary N) is 2. The van der Waals surface area contributed by atoms with Gasteiger partial charge < -0.3 is 79.4 Å². The molecule has 33 heteroatoms. The number of rotatable bonds is 20. The number of carbonyl (C=O) groups is 10. The lowest BCUT2D eigenvalue weighted by atomic mass is 10.0. The fourth-order valence-electron chi connectivity index (χ4n) is 8.98. The number of carboxylic acid groups (broad SMARTS) is 1. The maximum Gasteiger partial charge on any atom is 0.490 e. The van der Waals surface area contributed by atoms with Crippen molar-refractivity contribution in [3.05, 3.63) is 136 Å². The topological polar surface area (TPSA) is 459 Å². The van der Waals surface area contributed by atoms with Crippen LogP contribution in [-0.2, 0) is 73.6 Å². The number of hydrogen-bond donors (Lipinski definition) is 15. The molecule has 4 aromatic carbocycles. The summed E-state index contributed by atoms with van der Waals surface area (Å²) in [5.74, 6) is -11.9. The molecule has 0 spiro atoms. The second-order valence-electron chi connectivity index (χ2n) is 20.8. The number of aliphatic carboxylic acids is 1. The number of non-ortho nitro benzene ring substituents is 1. The van der Waals surface area contributed by atoms with Gasteiger partial charge in [-0.05, 0) is 85.3 Å². The molecule has 0 unspecified atom stereocenters. The molecule has 1 aliphatic rings. The molecule has 1 saturated heterocycles. The van der Waals surface area contributed by atoms with Crippen LogP contribution >= 0.6 is 21.6 Å². The summed E-state index contributed by atoms with van der Waals surface area (Å²) in [5.41, 5.74) is 13.9. The highest BCUT2D eigenvalue weighted by molar-refractivity contribution is 8.76. The van der Waals surface area contributed by atoms with Crippen LogP contribution in [0.25, 0.3) is 10.9 Å². The Kier molecular flexibility index (Phi) is 27.4. The first kappa shape index (κ1) is 72.3. The number of primary amides is 1. The second kappa shape index (κ2) is 34.5. The number of nitro groups is 1. The molecule has 9 amide bonds. The standard InChI is InChI=1S/C56H68N12O14S2.C2HF3O2/c1-30(69)48-56(80)66-47(54(78)62-42(49(58)73)23-33-12-18-37(71)19-13-33)29-84-83-28-46(65-51(75)43(60-31(2)70)24-32-10-16-36(17-11-32)68(81)82)55(79)63-44(25-34-14-20-38(72)21-15-34)52(76)64-45(26-35-27-59-40-8-4-3-7-39(35)40)53(77)61-41(50(74)67-48)9-5-6-22-57;3-2(4,5)1(6)7/h3-4,7-8,10-21,27,30,41-48,59,69,71-72H,5-6,9,22-26,28-29,57H2,1-2H3,(H2,58,73)(H,60,70)(H,61,77)(H,62,78)(H,63,79)(H,64,76)(H,65,75)(H,66,80)(H,67,74);(H,6,7)/t30-,41+,42-,43+,44+,45-,46-,47+,48+;/m1./s1. The minimum absolute atomic E-state index is 0.0472. The molecular weight excluding hydrogens is 1240 g/mol. The van der Waals surface area contributed by atoms with Crippen molar-refractivity contribution in [1.82, 2.24) is 47.5 Å². The van der Waals surface area contributed by atoms with Crippen LogP contribution in [0, 0.1) is 10.1 Å². The van der Waals surface area contributed by atoms with E-state index < -0.39 is 125 Å². The van der Waals surface area contributed by atoms with Crippen LogP contribution in [-0.4, -0.2) is 168 Å². The number of aliphatic hydroxyl groups is 1. The van der Waals surface area contributed by atoms with E-state index in [4.69, 9.17) is 21.4 Å². The minimum Gasteiger partial charge on any atom is -0.508 e. The highest BCUT2D eigenvalue weighted by atomic mass is 33.1. The highest BCUT2D eigenvalue weighted by Crippen LogP contribution is 2.25. The van der Waals surface area contributed by atoms with E-state index in [0.717, 1.165) is 28.5 Å². The molecule has 0 radical (unpaired) electrons. The van der Waals surface area contributed by atoms with E-state index in [2.05, 4.69) is 47.5 Å². The van der Waals surface area contributed by atoms with Gasteiger partial charge in [0.15, 0.2) is 0 Å². The largest absolute Gasteiger partial charge is 0.508 e. The lowest BCUT2D eigenvalue weighted by Gasteiger charge is -2.29. The van der Waals surface area contributed by atoms with E-state index in [1.165, 1.54) is 79.7 Å². The molecule has 5 aromatic rings. The molecular formula is C58H69F3N12O16S2. The number of fused-ring (bicyclic) bond motifs is 1. The number of aromatic nitrogens is 1. The summed E-state index contributed by atoms with van der Waals surface area (Å²) < 4.78 is 31.7. The van der Waals surface area contributed by atoms with Crippen LogP contribution in [0.1, 0.15) is 55.4 Å². The van der Waals surface area contributed by atoms with Gasteiger partial charge in [0.2, 0.25) is 53.2 Å². The van der Waals surface area contributed by atoms with Crippen LogP contribution in [0.5, 0.6) is 11.5 Å². The summed E-state index contributed by atoms with van der Waals surface area (Å²) in [7, 11) is 1.80. The number of carboxylic acids is 1. The first-order valence-electron chi connectivity index (χ1n) is 28.0. The fourth-order valence-corrected chi connectivity index (χ4v) is 11.3. The number of halogens is 3. The van der Waals surface area contributed by atoms with Crippen molar-refractivity contribution in [1.29, 1.82) is 0 Å². The van der Waals surface area contributed by atoms with Gasteiger partial charge in [0.05, 0.1) is 11.0 Å². The summed E-state index contributed by atoms with van der Waals surface area (Å²) in [6, 6.07) is 11.7. The normalized spacial score (nSPS) is 19.8. The van der Waals surface area contributed by atoms with Gasteiger partial charge >= 0.3 is 12.1 Å². The number of nitrogens with zero attached hydrogens (tertiary/aromatic N) is 1. The smallest absolute Gasteiger partial charge is 0.490 e. The third kappa shape index (κ3) is 23.1. The molecule has 9 atom stereocenters. The Hall–Kier alpha value is -9.47. The first-order valence-corrected chi connectivity index (χ1v) is 30.5. The van der Waals surface area contributed by atoms with Gasteiger partial charge in [-0.15, -0.1) is 0 Å². The zero-order valence-corrected chi connectivity index (χ0v) is 50.5. The molecule has 1 aliphatic heterocycles. The monoisotopic (exact) mass is 1310 g/mol. The summed E-state index contributed by atoms with van der Waals surface area (Å²) in [6.07, 6.45) is -5.23. The van der Waals surface area contributed by atoms with Gasteiger partial charge in [-0.3, -0.25) is 53.3 Å². The van der Waals surface area contributed by atoms with Crippen LogP contribution in [0.2, 0.25) is 0 Å². The first-order chi connectivity index (χ1) is 43.0. The number of para-hydroxylation sites is 1. The van der Waals surface area contributed by atoms with Crippen molar-refractivity contribution in [2.24, 2.45) is 11.5 Å². The minimum atomic E-state index is -5.08. The molecule has 0 bridgehead atoms. The number of nitrogens with one attached hydrogen (secondary N) is 9. The number of benzene rings is 4.